The number of para-hydroxylation sites is 1. The quantitative estimate of drug-likeness (QED) is 0.425. The third kappa shape index (κ3) is 5.53. The van der Waals surface area contributed by atoms with E-state index in [2.05, 4.69) is 27.6 Å². The number of rotatable bonds is 6. The van der Waals surface area contributed by atoms with Crippen LogP contribution >= 0.6 is 24.0 Å². The summed E-state index contributed by atoms with van der Waals surface area (Å²) in [5.74, 6) is 1.73. The smallest absolute Gasteiger partial charge is 0.191 e. The van der Waals surface area contributed by atoms with Crippen molar-refractivity contribution in [2.24, 2.45) is 10.9 Å². The van der Waals surface area contributed by atoms with Crippen LogP contribution in [0.4, 0.5) is 0 Å². The molecule has 1 aliphatic carbocycles. The lowest BCUT2D eigenvalue weighted by atomic mass is 10.3. The van der Waals surface area contributed by atoms with E-state index in [1.807, 2.05) is 47.4 Å². The highest BCUT2D eigenvalue weighted by Crippen LogP contribution is 2.27. The van der Waals surface area contributed by atoms with Crippen molar-refractivity contribution in [2.75, 3.05) is 13.1 Å². The average Bonchev–Trinajstić information content (AvgIpc) is 3.27. The Hall–Kier alpha value is -1.57. The highest BCUT2D eigenvalue weighted by Gasteiger charge is 2.20. The number of nitrogens with zero attached hydrogens (tertiary/aromatic N) is 3. The number of guanidine groups is 1. The molecule has 0 atom stereocenters. The summed E-state index contributed by atoms with van der Waals surface area (Å²) in [5.41, 5.74) is 2.17. The van der Waals surface area contributed by atoms with Crippen LogP contribution < -0.4 is 10.6 Å². The second kappa shape index (κ2) is 8.90. The van der Waals surface area contributed by atoms with E-state index in [1.54, 1.807) is 0 Å². The molecule has 0 aliphatic heterocycles. The van der Waals surface area contributed by atoms with Crippen LogP contribution in [0.3, 0.4) is 0 Å². The molecule has 1 saturated carbocycles. The maximum absolute atomic E-state index is 4.63. The van der Waals surface area contributed by atoms with E-state index in [1.165, 1.54) is 12.8 Å². The van der Waals surface area contributed by atoms with Crippen molar-refractivity contribution < 1.29 is 0 Å². The number of aromatic nitrogens is 2. The standard InChI is InChI=1S/C17H23N5.HI/c1-2-18-17(19-10-14-8-9-14)20-11-15-12-21-22(13-15)16-6-4-3-5-7-16;/h3-7,12-14H,2,8-11H2,1H3,(H2,18,19,20);1H. The van der Waals surface area contributed by atoms with Gasteiger partial charge >= 0.3 is 0 Å². The zero-order valence-corrected chi connectivity index (χ0v) is 15.7. The van der Waals surface area contributed by atoms with Crippen molar-refractivity contribution in [2.45, 2.75) is 26.3 Å². The highest BCUT2D eigenvalue weighted by atomic mass is 127. The van der Waals surface area contributed by atoms with E-state index in [-0.39, 0.29) is 24.0 Å². The predicted molar refractivity (Wildman–Crippen MR) is 105 cm³/mol. The molecule has 0 bridgehead atoms. The molecule has 1 fully saturated rings. The number of benzene rings is 1. The molecule has 124 valence electrons. The summed E-state index contributed by atoms with van der Waals surface area (Å²) in [4.78, 5) is 4.63. The first-order chi connectivity index (χ1) is 10.8. The molecule has 1 heterocycles. The zero-order valence-electron chi connectivity index (χ0n) is 13.4. The molecular formula is C17H24IN5. The third-order valence-corrected chi connectivity index (χ3v) is 3.68. The lowest BCUT2D eigenvalue weighted by Crippen LogP contribution is -2.38. The molecule has 1 aliphatic rings. The van der Waals surface area contributed by atoms with Gasteiger partial charge in [0.25, 0.3) is 0 Å². The summed E-state index contributed by atoms with van der Waals surface area (Å²) in [7, 11) is 0. The van der Waals surface area contributed by atoms with Crippen LogP contribution in [0.1, 0.15) is 25.3 Å². The third-order valence-electron chi connectivity index (χ3n) is 3.68. The predicted octanol–water partition coefficient (Wildman–Crippen LogP) is 2.96. The Labute approximate surface area is 154 Å². The van der Waals surface area contributed by atoms with Gasteiger partial charge in [-0.1, -0.05) is 18.2 Å². The van der Waals surface area contributed by atoms with Crippen molar-refractivity contribution in [1.82, 2.24) is 20.4 Å². The molecule has 0 saturated heterocycles. The average molecular weight is 425 g/mol. The van der Waals surface area contributed by atoms with Gasteiger partial charge in [-0.25, -0.2) is 9.67 Å². The second-order valence-corrected chi connectivity index (χ2v) is 5.65. The summed E-state index contributed by atoms with van der Waals surface area (Å²) in [6.45, 7) is 4.61. The molecule has 0 unspecified atom stereocenters. The van der Waals surface area contributed by atoms with Gasteiger partial charge < -0.3 is 10.6 Å². The molecule has 3 rings (SSSR count). The normalized spacial score (nSPS) is 14.2. The number of nitrogens with one attached hydrogen (secondary N) is 2. The van der Waals surface area contributed by atoms with Crippen molar-refractivity contribution in [3.63, 3.8) is 0 Å². The van der Waals surface area contributed by atoms with Gasteiger partial charge in [-0.3, -0.25) is 0 Å². The van der Waals surface area contributed by atoms with Crippen LogP contribution in [-0.2, 0) is 6.54 Å². The lowest BCUT2D eigenvalue weighted by molar-refractivity contribution is 0.739. The van der Waals surface area contributed by atoms with E-state index < -0.39 is 0 Å². The number of hydrogen-bond acceptors (Lipinski definition) is 2. The molecule has 2 N–H and O–H groups in total. The Kier molecular flexibility index (Phi) is 6.88. The monoisotopic (exact) mass is 425 g/mol. The molecule has 1 aromatic carbocycles. The Morgan fingerprint density at radius 2 is 2.04 bits per heavy atom. The summed E-state index contributed by atoms with van der Waals surface area (Å²) in [6.07, 6.45) is 6.59. The van der Waals surface area contributed by atoms with E-state index in [9.17, 15) is 0 Å². The van der Waals surface area contributed by atoms with E-state index in [0.717, 1.165) is 36.2 Å². The van der Waals surface area contributed by atoms with Crippen molar-refractivity contribution in [3.05, 3.63) is 48.3 Å². The van der Waals surface area contributed by atoms with E-state index in [0.29, 0.717) is 6.54 Å². The Morgan fingerprint density at radius 3 is 2.74 bits per heavy atom. The van der Waals surface area contributed by atoms with Crippen molar-refractivity contribution >= 4 is 29.9 Å². The maximum Gasteiger partial charge on any atom is 0.191 e. The largest absolute Gasteiger partial charge is 0.357 e. The molecule has 5 nitrogen and oxygen atoms in total. The van der Waals surface area contributed by atoms with Crippen LogP contribution in [0.25, 0.3) is 5.69 Å². The van der Waals surface area contributed by atoms with Gasteiger partial charge in [0.15, 0.2) is 5.96 Å². The van der Waals surface area contributed by atoms with Gasteiger partial charge in [0, 0.05) is 24.8 Å². The van der Waals surface area contributed by atoms with Gasteiger partial charge in [-0.15, -0.1) is 24.0 Å². The molecule has 23 heavy (non-hydrogen) atoms. The van der Waals surface area contributed by atoms with Gasteiger partial charge in [0.1, 0.15) is 0 Å². The van der Waals surface area contributed by atoms with Gasteiger partial charge in [-0.2, -0.15) is 5.10 Å². The number of hydrogen-bond donors (Lipinski definition) is 2. The van der Waals surface area contributed by atoms with Crippen LogP contribution in [0.15, 0.2) is 47.7 Å². The minimum atomic E-state index is 0. The fraction of sp³-hybridized carbons (Fsp3) is 0.412. The van der Waals surface area contributed by atoms with Crippen LogP contribution in [0.5, 0.6) is 0 Å². The SMILES string of the molecule is CCNC(=NCc1cnn(-c2ccccc2)c1)NCC1CC1.I. The number of aliphatic imine (C=N–C) groups is 1. The number of halogens is 1. The first kappa shape index (κ1) is 17.8. The van der Waals surface area contributed by atoms with Crippen LogP contribution in [-0.4, -0.2) is 28.8 Å². The topological polar surface area (TPSA) is 54.2 Å². The summed E-state index contributed by atoms with van der Waals surface area (Å²) < 4.78 is 1.88. The Balaban J connectivity index is 0.00000192. The highest BCUT2D eigenvalue weighted by molar-refractivity contribution is 14.0. The summed E-state index contributed by atoms with van der Waals surface area (Å²) in [6, 6.07) is 10.1. The van der Waals surface area contributed by atoms with Crippen molar-refractivity contribution in [1.29, 1.82) is 0 Å². The first-order valence-corrected chi connectivity index (χ1v) is 7.96. The second-order valence-electron chi connectivity index (χ2n) is 5.65. The molecule has 6 heteroatoms. The summed E-state index contributed by atoms with van der Waals surface area (Å²) in [5, 5.41) is 11.1. The minimum absolute atomic E-state index is 0. The van der Waals surface area contributed by atoms with E-state index in [4.69, 9.17) is 0 Å². The van der Waals surface area contributed by atoms with Gasteiger partial charge in [0.2, 0.25) is 0 Å². The molecular weight excluding hydrogens is 401 g/mol. The van der Waals surface area contributed by atoms with Crippen LogP contribution in [0, 0.1) is 5.92 Å². The Bertz CT molecular complexity index is 619. The minimum Gasteiger partial charge on any atom is -0.357 e. The lowest BCUT2D eigenvalue weighted by Gasteiger charge is -2.10. The molecule has 0 spiro atoms. The Morgan fingerprint density at radius 1 is 1.26 bits per heavy atom. The fourth-order valence-electron chi connectivity index (χ4n) is 2.24. The summed E-state index contributed by atoms with van der Waals surface area (Å²) >= 11 is 0. The molecule has 0 radical (unpaired) electrons. The zero-order chi connectivity index (χ0) is 15.2. The fourth-order valence-corrected chi connectivity index (χ4v) is 2.24. The van der Waals surface area contributed by atoms with Gasteiger partial charge in [-0.05, 0) is 37.8 Å². The molecule has 2 aromatic rings. The first-order valence-electron chi connectivity index (χ1n) is 7.96. The molecule has 1 aromatic heterocycles. The maximum atomic E-state index is 4.63. The van der Waals surface area contributed by atoms with E-state index >= 15 is 0 Å². The van der Waals surface area contributed by atoms with Crippen LogP contribution in [0.2, 0.25) is 0 Å². The van der Waals surface area contributed by atoms with Gasteiger partial charge in [0.05, 0.1) is 18.4 Å². The van der Waals surface area contributed by atoms with Crippen molar-refractivity contribution in [3.8, 4) is 5.69 Å². The molecule has 0 amide bonds.